The van der Waals surface area contributed by atoms with Crippen LogP contribution in [0.4, 0.5) is 5.69 Å². The molecule has 4 nitrogen and oxygen atoms in total. The molecule has 3 heterocycles. The van der Waals surface area contributed by atoms with Gasteiger partial charge in [0.2, 0.25) is 5.91 Å². The summed E-state index contributed by atoms with van der Waals surface area (Å²) in [6.45, 7) is 5.79. The summed E-state index contributed by atoms with van der Waals surface area (Å²) >= 11 is 0. The Bertz CT molecular complexity index is 452. The molecule has 3 rings (SSSR count). The molecule has 2 aliphatic rings. The van der Waals surface area contributed by atoms with Crippen LogP contribution in [0.25, 0.3) is 0 Å². The summed E-state index contributed by atoms with van der Waals surface area (Å²) < 4.78 is 0. The summed E-state index contributed by atoms with van der Waals surface area (Å²) in [6, 6.07) is 4.16. The normalized spacial score (nSPS) is 21.9. The van der Waals surface area contributed by atoms with E-state index in [1.54, 1.807) is 6.92 Å². The van der Waals surface area contributed by atoms with Crippen LogP contribution >= 0.6 is 0 Å². The maximum absolute atomic E-state index is 11.5. The Kier molecular flexibility index (Phi) is 3.17. The first-order chi connectivity index (χ1) is 9.19. The molecule has 0 radical (unpaired) electrons. The molecule has 102 valence electrons. The third-order valence-electron chi connectivity index (χ3n) is 4.74. The second kappa shape index (κ2) is 4.83. The zero-order valence-electron chi connectivity index (χ0n) is 11.5. The number of pyridine rings is 1. The van der Waals surface area contributed by atoms with E-state index in [9.17, 15) is 4.79 Å². The van der Waals surface area contributed by atoms with Gasteiger partial charge in [-0.3, -0.25) is 9.78 Å². The Morgan fingerprint density at radius 1 is 1.16 bits per heavy atom. The van der Waals surface area contributed by atoms with Crippen LogP contribution in [0.3, 0.4) is 0 Å². The standard InChI is InChI=1S/C15H21N3O/c1-13(19)18-11-6-15(12-18)4-9-17(10-5-15)14-2-7-16-8-3-14/h2-3,7-8H,4-6,9-12H2,1H3. The maximum atomic E-state index is 11.5. The fourth-order valence-electron chi connectivity index (χ4n) is 3.41. The molecule has 0 bridgehead atoms. The van der Waals surface area contributed by atoms with Crippen molar-refractivity contribution in [3.63, 3.8) is 0 Å². The molecule has 0 aliphatic carbocycles. The predicted molar refractivity (Wildman–Crippen MR) is 75.0 cm³/mol. The van der Waals surface area contributed by atoms with Crippen LogP contribution in [0.2, 0.25) is 0 Å². The van der Waals surface area contributed by atoms with Gasteiger partial charge in [-0.05, 0) is 36.8 Å². The molecule has 0 saturated carbocycles. The van der Waals surface area contributed by atoms with Crippen LogP contribution in [0.5, 0.6) is 0 Å². The molecule has 2 fully saturated rings. The van der Waals surface area contributed by atoms with Crippen molar-refractivity contribution in [3.05, 3.63) is 24.5 Å². The first-order valence-electron chi connectivity index (χ1n) is 7.09. The van der Waals surface area contributed by atoms with Crippen LogP contribution < -0.4 is 4.90 Å². The van der Waals surface area contributed by atoms with Crippen LogP contribution in [0.15, 0.2) is 24.5 Å². The topological polar surface area (TPSA) is 36.4 Å². The smallest absolute Gasteiger partial charge is 0.219 e. The number of carbonyl (C=O) groups is 1. The molecular weight excluding hydrogens is 238 g/mol. The van der Waals surface area contributed by atoms with Crippen molar-refractivity contribution in [1.29, 1.82) is 0 Å². The number of amides is 1. The predicted octanol–water partition coefficient (Wildman–Crippen LogP) is 1.92. The number of carbonyl (C=O) groups excluding carboxylic acids is 1. The second-order valence-corrected chi connectivity index (χ2v) is 5.88. The minimum Gasteiger partial charge on any atom is -0.371 e. The third kappa shape index (κ3) is 2.44. The van der Waals surface area contributed by atoms with Gasteiger partial charge in [-0.15, -0.1) is 0 Å². The molecule has 1 spiro atoms. The molecule has 1 aromatic heterocycles. The molecule has 0 unspecified atom stereocenters. The third-order valence-corrected chi connectivity index (χ3v) is 4.74. The van der Waals surface area contributed by atoms with E-state index in [4.69, 9.17) is 0 Å². The monoisotopic (exact) mass is 259 g/mol. The lowest BCUT2D eigenvalue weighted by Crippen LogP contribution is -2.42. The van der Waals surface area contributed by atoms with E-state index in [-0.39, 0.29) is 5.91 Å². The number of piperidine rings is 1. The van der Waals surface area contributed by atoms with Gasteiger partial charge in [-0.2, -0.15) is 0 Å². The van der Waals surface area contributed by atoms with Gasteiger partial charge in [0.25, 0.3) is 0 Å². The summed E-state index contributed by atoms with van der Waals surface area (Å²) in [4.78, 5) is 20.0. The summed E-state index contributed by atoms with van der Waals surface area (Å²) in [5.74, 6) is 0.230. The molecule has 0 N–H and O–H groups in total. The first-order valence-corrected chi connectivity index (χ1v) is 7.09. The largest absolute Gasteiger partial charge is 0.371 e. The number of nitrogens with zero attached hydrogens (tertiary/aromatic N) is 3. The van der Waals surface area contributed by atoms with Crippen molar-refractivity contribution < 1.29 is 4.79 Å². The molecular formula is C15H21N3O. The lowest BCUT2D eigenvalue weighted by Gasteiger charge is -2.40. The van der Waals surface area contributed by atoms with E-state index in [0.717, 1.165) is 26.2 Å². The van der Waals surface area contributed by atoms with E-state index in [2.05, 4.69) is 22.0 Å². The van der Waals surface area contributed by atoms with E-state index in [1.165, 1.54) is 24.9 Å². The van der Waals surface area contributed by atoms with Gasteiger partial charge >= 0.3 is 0 Å². The van der Waals surface area contributed by atoms with Crippen molar-refractivity contribution >= 4 is 11.6 Å². The lowest BCUT2D eigenvalue weighted by molar-refractivity contribution is -0.128. The zero-order valence-corrected chi connectivity index (χ0v) is 11.5. The number of hydrogen-bond donors (Lipinski definition) is 0. The van der Waals surface area contributed by atoms with Crippen LogP contribution in [0, 0.1) is 5.41 Å². The number of aromatic nitrogens is 1. The molecule has 2 saturated heterocycles. The molecule has 2 aliphatic heterocycles. The SMILES string of the molecule is CC(=O)N1CCC2(CCN(c3ccncc3)CC2)C1. The van der Waals surface area contributed by atoms with Gasteiger partial charge < -0.3 is 9.80 Å². The van der Waals surface area contributed by atoms with Gasteiger partial charge in [0.05, 0.1) is 0 Å². The second-order valence-electron chi connectivity index (χ2n) is 5.88. The van der Waals surface area contributed by atoms with Crippen molar-refractivity contribution in [3.8, 4) is 0 Å². The summed E-state index contributed by atoms with van der Waals surface area (Å²) in [5, 5.41) is 0. The Hall–Kier alpha value is -1.58. The van der Waals surface area contributed by atoms with E-state index in [0.29, 0.717) is 5.41 Å². The molecule has 19 heavy (non-hydrogen) atoms. The van der Waals surface area contributed by atoms with Crippen molar-refractivity contribution in [2.45, 2.75) is 26.2 Å². The summed E-state index contributed by atoms with van der Waals surface area (Å²) in [6.07, 6.45) is 7.27. The molecule has 4 heteroatoms. The highest BCUT2D eigenvalue weighted by Gasteiger charge is 2.41. The number of anilines is 1. The van der Waals surface area contributed by atoms with Crippen molar-refractivity contribution in [1.82, 2.24) is 9.88 Å². The summed E-state index contributed by atoms with van der Waals surface area (Å²) in [5.41, 5.74) is 1.65. The van der Waals surface area contributed by atoms with Gasteiger partial charge in [0, 0.05) is 51.2 Å². The Balaban J connectivity index is 1.63. The fraction of sp³-hybridized carbons (Fsp3) is 0.600. The van der Waals surface area contributed by atoms with Gasteiger partial charge in [0.1, 0.15) is 0 Å². The lowest BCUT2D eigenvalue weighted by atomic mass is 9.77. The maximum Gasteiger partial charge on any atom is 0.219 e. The van der Waals surface area contributed by atoms with E-state index in [1.807, 2.05) is 17.3 Å². The van der Waals surface area contributed by atoms with Crippen molar-refractivity contribution in [2.75, 3.05) is 31.1 Å². The highest BCUT2D eigenvalue weighted by Crippen LogP contribution is 2.41. The summed E-state index contributed by atoms with van der Waals surface area (Å²) in [7, 11) is 0. The van der Waals surface area contributed by atoms with Gasteiger partial charge in [-0.25, -0.2) is 0 Å². The molecule has 1 aromatic rings. The quantitative estimate of drug-likeness (QED) is 0.773. The van der Waals surface area contributed by atoms with E-state index >= 15 is 0 Å². The van der Waals surface area contributed by atoms with Crippen LogP contribution in [-0.2, 0) is 4.79 Å². The number of rotatable bonds is 1. The average Bonchev–Trinajstić information content (AvgIpc) is 2.85. The Morgan fingerprint density at radius 2 is 1.79 bits per heavy atom. The minimum absolute atomic E-state index is 0.230. The molecule has 0 aromatic carbocycles. The molecule has 1 amide bonds. The fourth-order valence-corrected chi connectivity index (χ4v) is 3.41. The number of likely N-dealkylation sites (tertiary alicyclic amines) is 1. The van der Waals surface area contributed by atoms with Gasteiger partial charge in [0.15, 0.2) is 0 Å². The van der Waals surface area contributed by atoms with Crippen LogP contribution in [-0.4, -0.2) is 42.0 Å². The zero-order chi connectivity index (χ0) is 13.3. The average molecular weight is 259 g/mol. The minimum atomic E-state index is 0.230. The molecule has 0 atom stereocenters. The highest BCUT2D eigenvalue weighted by molar-refractivity contribution is 5.73. The van der Waals surface area contributed by atoms with Crippen LogP contribution in [0.1, 0.15) is 26.2 Å². The highest BCUT2D eigenvalue weighted by atomic mass is 16.2. The Labute approximate surface area is 114 Å². The Morgan fingerprint density at radius 3 is 2.37 bits per heavy atom. The number of hydrogen-bond acceptors (Lipinski definition) is 3. The van der Waals surface area contributed by atoms with E-state index < -0.39 is 0 Å². The van der Waals surface area contributed by atoms with Gasteiger partial charge in [-0.1, -0.05) is 0 Å². The first kappa shape index (κ1) is 12.5. The van der Waals surface area contributed by atoms with Crippen molar-refractivity contribution in [2.24, 2.45) is 5.41 Å².